The number of rotatable bonds is 0. The fraction of sp³-hybridized carbons (Fsp3) is 0.500. The predicted octanol–water partition coefficient (Wildman–Crippen LogP) is 1.31. The zero-order chi connectivity index (χ0) is 7.82. The van der Waals surface area contributed by atoms with Gasteiger partial charge in [-0.25, -0.2) is 0 Å². The molecule has 0 heterocycles. The van der Waals surface area contributed by atoms with Gasteiger partial charge in [0.1, 0.15) is 0 Å². The first kappa shape index (κ1) is 9.72. The molecular weight excluding hydrogens is 231 g/mol. The predicted molar refractivity (Wildman–Crippen MR) is 42.6 cm³/mol. The summed E-state index contributed by atoms with van der Waals surface area (Å²) < 4.78 is 16.3. The van der Waals surface area contributed by atoms with E-state index < -0.39 is 19.7 Å². The van der Waals surface area contributed by atoms with Crippen molar-refractivity contribution in [3.8, 4) is 19.7 Å². The molecule has 0 bridgehead atoms. The fourth-order valence-corrected chi connectivity index (χ4v) is 2.47. The molecule has 0 aliphatic rings. The van der Waals surface area contributed by atoms with Gasteiger partial charge in [-0.2, -0.15) is 0 Å². The van der Waals surface area contributed by atoms with Crippen LogP contribution >= 0.6 is 0 Å². The van der Waals surface area contributed by atoms with E-state index in [2.05, 4.69) is 19.7 Å². The molecule has 2 heteroatoms. The topological polar surface area (TPSA) is 17.1 Å². The van der Waals surface area contributed by atoms with Crippen molar-refractivity contribution in [1.82, 2.24) is 0 Å². The Labute approximate surface area is 69.3 Å². The van der Waals surface area contributed by atoms with Gasteiger partial charge in [0.2, 0.25) is 0 Å². The van der Waals surface area contributed by atoms with E-state index in [1.54, 1.807) is 0 Å². The standard InChI is InChI=1S/2C4H5.O.Sn/c2*1-3-4-2;;/h2*3H2,1H3;;. The molecule has 0 radical (unpaired) electrons. The van der Waals surface area contributed by atoms with Gasteiger partial charge in [0, 0.05) is 0 Å². The fourth-order valence-electron chi connectivity index (χ4n) is 0.369. The van der Waals surface area contributed by atoms with Gasteiger partial charge >= 0.3 is 69.2 Å². The van der Waals surface area contributed by atoms with Crippen LogP contribution in [0.3, 0.4) is 0 Å². The normalized spacial score (nSPS) is 6.60. The number of hydrogen-bond donors (Lipinski definition) is 0. The van der Waals surface area contributed by atoms with Gasteiger partial charge in [0.25, 0.3) is 0 Å². The molecule has 52 valence electrons. The van der Waals surface area contributed by atoms with Gasteiger partial charge < -0.3 is 0 Å². The summed E-state index contributed by atoms with van der Waals surface area (Å²) >= 11 is -2.71. The Morgan fingerprint density at radius 1 is 1.10 bits per heavy atom. The third-order valence-corrected chi connectivity index (χ3v) is 3.06. The third kappa shape index (κ3) is 5.85. The Bertz CT molecular complexity index is 197. The van der Waals surface area contributed by atoms with E-state index in [0.29, 0.717) is 0 Å². The summed E-state index contributed by atoms with van der Waals surface area (Å²) in [5, 5.41) is 0. The molecule has 0 aromatic heterocycles. The van der Waals surface area contributed by atoms with Crippen LogP contribution < -0.4 is 0 Å². The van der Waals surface area contributed by atoms with E-state index in [1.165, 1.54) is 0 Å². The Morgan fingerprint density at radius 3 is 1.80 bits per heavy atom. The van der Waals surface area contributed by atoms with E-state index in [0.717, 1.165) is 12.8 Å². The van der Waals surface area contributed by atoms with Crippen LogP contribution in [0, 0.1) is 19.7 Å². The van der Waals surface area contributed by atoms with Crippen LogP contribution in [0.15, 0.2) is 0 Å². The van der Waals surface area contributed by atoms with Crippen LogP contribution in [0.25, 0.3) is 0 Å². The summed E-state index contributed by atoms with van der Waals surface area (Å²) in [4.78, 5) is 0. The Kier molecular flexibility index (Phi) is 6.64. The summed E-state index contributed by atoms with van der Waals surface area (Å²) in [5.74, 6) is 5.56. The molecule has 1 nitrogen and oxygen atoms in total. The van der Waals surface area contributed by atoms with Crippen molar-refractivity contribution in [2.24, 2.45) is 0 Å². The van der Waals surface area contributed by atoms with Crippen LogP contribution in [0.4, 0.5) is 0 Å². The van der Waals surface area contributed by atoms with Crippen LogP contribution in [0.1, 0.15) is 26.7 Å². The van der Waals surface area contributed by atoms with E-state index >= 15 is 0 Å². The molecule has 10 heavy (non-hydrogen) atoms. The summed E-state index contributed by atoms with van der Waals surface area (Å²) in [5.41, 5.74) is 0. The third-order valence-electron chi connectivity index (χ3n) is 0.757. The Balaban J connectivity index is 3.86. The second-order valence-electron chi connectivity index (χ2n) is 1.64. The molecule has 0 amide bonds. The molecule has 0 aliphatic heterocycles. The summed E-state index contributed by atoms with van der Waals surface area (Å²) in [7, 11) is 0. The maximum atomic E-state index is 10.9. The monoisotopic (exact) mass is 242 g/mol. The van der Waals surface area contributed by atoms with Gasteiger partial charge in [-0.1, -0.05) is 0 Å². The molecule has 0 aliphatic carbocycles. The van der Waals surface area contributed by atoms with Crippen molar-refractivity contribution in [3.63, 3.8) is 0 Å². The SMILES string of the molecule is CCC#[C][Sn](=[O])[C]#CCC. The molecule has 0 aromatic rings. The van der Waals surface area contributed by atoms with E-state index in [-0.39, 0.29) is 0 Å². The molecule has 0 rings (SSSR count). The van der Waals surface area contributed by atoms with Crippen LogP contribution in [0.2, 0.25) is 0 Å². The van der Waals surface area contributed by atoms with Crippen LogP contribution in [0.5, 0.6) is 0 Å². The average molecular weight is 241 g/mol. The van der Waals surface area contributed by atoms with Crippen molar-refractivity contribution in [3.05, 3.63) is 0 Å². The average Bonchev–Trinajstić information content (AvgIpc) is 1.97. The van der Waals surface area contributed by atoms with Gasteiger partial charge in [0.05, 0.1) is 0 Å². The van der Waals surface area contributed by atoms with Crippen LogP contribution in [-0.2, 0) is 3.08 Å². The molecule has 0 aromatic carbocycles. The van der Waals surface area contributed by atoms with Gasteiger partial charge in [-0.05, 0) is 0 Å². The zero-order valence-electron chi connectivity index (χ0n) is 6.32. The Morgan fingerprint density at radius 2 is 1.50 bits per heavy atom. The van der Waals surface area contributed by atoms with Crippen molar-refractivity contribution in [1.29, 1.82) is 0 Å². The van der Waals surface area contributed by atoms with Gasteiger partial charge in [0.15, 0.2) is 0 Å². The van der Waals surface area contributed by atoms with Gasteiger partial charge in [-0.3, -0.25) is 0 Å². The van der Waals surface area contributed by atoms with Gasteiger partial charge in [-0.15, -0.1) is 0 Å². The van der Waals surface area contributed by atoms with E-state index in [9.17, 15) is 3.08 Å². The first-order chi connectivity index (χ1) is 4.81. The minimum atomic E-state index is -2.71. The summed E-state index contributed by atoms with van der Waals surface area (Å²) in [6.07, 6.45) is 1.56. The second-order valence-corrected chi connectivity index (χ2v) is 4.95. The van der Waals surface area contributed by atoms with E-state index in [4.69, 9.17) is 0 Å². The molecule has 0 N–H and O–H groups in total. The second kappa shape index (κ2) is 6.83. The molecule has 0 saturated carbocycles. The van der Waals surface area contributed by atoms with Crippen LogP contribution in [-0.4, -0.2) is 19.7 Å². The molecular formula is C8H10OSn. The maximum absolute atomic E-state index is 10.9. The minimum absolute atomic E-state index is 0.778. The van der Waals surface area contributed by atoms with Crippen molar-refractivity contribution < 1.29 is 3.08 Å². The molecule has 0 unspecified atom stereocenters. The van der Waals surface area contributed by atoms with Crippen molar-refractivity contribution in [2.75, 3.05) is 0 Å². The zero-order valence-corrected chi connectivity index (χ0v) is 9.18. The molecule has 0 fully saturated rings. The van der Waals surface area contributed by atoms with E-state index in [1.807, 2.05) is 13.8 Å². The van der Waals surface area contributed by atoms with Crippen molar-refractivity contribution >= 4 is 19.7 Å². The Hall–Kier alpha value is -0.281. The quantitative estimate of drug-likeness (QED) is 0.461. The number of hydrogen-bond acceptors (Lipinski definition) is 1. The van der Waals surface area contributed by atoms with Crippen molar-refractivity contribution in [2.45, 2.75) is 26.7 Å². The molecule has 0 saturated heterocycles. The molecule has 0 atom stereocenters. The summed E-state index contributed by atoms with van der Waals surface area (Å²) in [6, 6.07) is 0. The molecule has 0 spiro atoms. The first-order valence-corrected chi connectivity index (χ1v) is 7.34. The summed E-state index contributed by atoms with van der Waals surface area (Å²) in [6.45, 7) is 3.88. The first-order valence-electron chi connectivity index (χ1n) is 3.33.